The summed E-state index contributed by atoms with van der Waals surface area (Å²) in [6, 6.07) is 0.215. The molecule has 6 heteroatoms. The van der Waals surface area contributed by atoms with Gasteiger partial charge in [0.15, 0.2) is 5.96 Å². The van der Waals surface area contributed by atoms with Gasteiger partial charge in [-0.25, -0.2) is 0 Å². The molecular weight excluding hydrogens is 268 g/mol. The molecule has 2 atom stereocenters. The highest BCUT2D eigenvalue weighted by Gasteiger charge is 2.17. The summed E-state index contributed by atoms with van der Waals surface area (Å²) in [5.41, 5.74) is 0.142. The molecule has 6 nitrogen and oxygen atoms in total. The summed E-state index contributed by atoms with van der Waals surface area (Å²) in [7, 11) is 1.78. The Labute approximate surface area is 129 Å². The van der Waals surface area contributed by atoms with Crippen molar-refractivity contribution in [2.24, 2.45) is 4.99 Å². The van der Waals surface area contributed by atoms with Crippen molar-refractivity contribution in [3.05, 3.63) is 0 Å². The highest BCUT2D eigenvalue weighted by molar-refractivity contribution is 5.79. The van der Waals surface area contributed by atoms with Gasteiger partial charge in [0.2, 0.25) is 0 Å². The Morgan fingerprint density at radius 3 is 2.71 bits per heavy atom. The summed E-state index contributed by atoms with van der Waals surface area (Å²) in [5, 5.41) is 10.1. The zero-order valence-corrected chi connectivity index (χ0v) is 14.2. The lowest BCUT2D eigenvalue weighted by atomic mass is 10.1. The number of nitrogens with one attached hydrogen (secondary N) is 3. The fourth-order valence-corrected chi connectivity index (χ4v) is 2.01. The second-order valence-electron chi connectivity index (χ2n) is 6.54. The molecule has 2 unspecified atom stereocenters. The second-order valence-corrected chi connectivity index (χ2v) is 6.54. The minimum Gasteiger partial charge on any atom is -0.379 e. The van der Waals surface area contributed by atoms with Gasteiger partial charge in [-0.15, -0.1) is 0 Å². The van der Waals surface area contributed by atoms with Crippen LogP contribution in [0, 0.1) is 0 Å². The second kappa shape index (κ2) is 9.23. The molecule has 0 spiro atoms. The van der Waals surface area contributed by atoms with Crippen molar-refractivity contribution in [2.45, 2.75) is 51.8 Å². The summed E-state index contributed by atoms with van der Waals surface area (Å²) >= 11 is 0. The van der Waals surface area contributed by atoms with E-state index in [0.29, 0.717) is 6.61 Å². The molecule has 0 aliphatic carbocycles. The van der Waals surface area contributed by atoms with Crippen LogP contribution in [0.1, 0.15) is 34.1 Å². The molecule has 0 radical (unpaired) electrons. The molecule has 1 heterocycles. The first-order valence-electron chi connectivity index (χ1n) is 7.82. The molecule has 1 aliphatic rings. The van der Waals surface area contributed by atoms with Gasteiger partial charge < -0.3 is 25.4 Å². The molecule has 1 aliphatic heterocycles. The van der Waals surface area contributed by atoms with Crippen LogP contribution in [0.5, 0.6) is 0 Å². The number of aliphatic imine (C=N–C) groups is 1. The van der Waals surface area contributed by atoms with E-state index in [-0.39, 0.29) is 17.7 Å². The first-order valence-corrected chi connectivity index (χ1v) is 7.82. The van der Waals surface area contributed by atoms with Gasteiger partial charge in [0.1, 0.15) is 0 Å². The van der Waals surface area contributed by atoms with E-state index in [2.05, 4.69) is 48.6 Å². The number of hydrogen-bond acceptors (Lipinski definition) is 4. The van der Waals surface area contributed by atoms with Crippen LogP contribution < -0.4 is 16.0 Å². The molecule has 3 N–H and O–H groups in total. The van der Waals surface area contributed by atoms with Crippen LogP contribution in [0.2, 0.25) is 0 Å². The number of rotatable bonds is 7. The van der Waals surface area contributed by atoms with Crippen LogP contribution in [0.3, 0.4) is 0 Å². The fourth-order valence-electron chi connectivity index (χ4n) is 2.01. The molecule has 1 rings (SSSR count). The molecule has 1 fully saturated rings. The first-order chi connectivity index (χ1) is 9.90. The van der Waals surface area contributed by atoms with Gasteiger partial charge >= 0.3 is 0 Å². The van der Waals surface area contributed by atoms with Crippen LogP contribution in [0.15, 0.2) is 4.99 Å². The summed E-state index contributed by atoms with van der Waals surface area (Å²) in [6.45, 7) is 12.5. The van der Waals surface area contributed by atoms with Crippen molar-refractivity contribution in [1.29, 1.82) is 0 Å². The SMILES string of the molecule is CN=C(NCCNC(C)(C)C)NC(C)COC1CCOC1. The standard InChI is InChI=1S/C15H32N4O2/c1-12(10-21-13-6-9-20-11-13)19-14(16-5)17-7-8-18-15(2,3)4/h12-13,18H,6-11H2,1-5H3,(H2,16,17,19). The summed E-state index contributed by atoms with van der Waals surface area (Å²) < 4.78 is 11.1. The third kappa shape index (κ3) is 8.90. The largest absolute Gasteiger partial charge is 0.379 e. The van der Waals surface area contributed by atoms with Gasteiger partial charge in [-0.3, -0.25) is 4.99 Å². The van der Waals surface area contributed by atoms with E-state index < -0.39 is 0 Å². The minimum atomic E-state index is 0.142. The lowest BCUT2D eigenvalue weighted by molar-refractivity contribution is 0.0347. The van der Waals surface area contributed by atoms with Crippen molar-refractivity contribution in [3.63, 3.8) is 0 Å². The fraction of sp³-hybridized carbons (Fsp3) is 0.933. The topological polar surface area (TPSA) is 66.9 Å². The summed E-state index contributed by atoms with van der Waals surface area (Å²) in [5.74, 6) is 0.810. The van der Waals surface area contributed by atoms with Gasteiger partial charge in [0, 0.05) is 38.3 Å². The van der Waals surface area contributed by atoms with Crippen LogP contribution >= 0.6 is 0 Å². The van der Waals surface area contributed by atoms with Crippen LogP contribution in [-0.2, 0) is 9.47 Å². The maximum atomic E-state index is 5.80. The zero-order chi connectivity index (χ0) is 15.7. The minimum absolute atomic E-state index is 0.142. The number of hydrogen-bond donors (Lipinski definition) is 3. The highest BCUT2D eigenvalue weighted by atomic mass is 16.5. The summed E-state index contributed by atoms with van der Waals surface area (Å²) in [4.78, 5) is 4.23. The van der Waals surface area contributed by atoms with Crippen LogP contribution in [-0.4, -0.2) is 63.6 Å². The Kier molecular flexibility index (Phi) is 8.00. The van der Waals surface area contributed by atoms with Crippen molar-refractivity contribution < 1.29 is 9.47 Å². The van der Waals surface area contributed by atoms with E-state index in [4.69, 9.17) is 9.47 Å². The number of guanidine groups is 1. The zero-order valence-electron chi connectivity index (χ0n) is 14.2. The van der Waals surface area contributed by atoms with Crippen molar-refractivity contribution in [1.82, 2.24) is 16.0 Å². The Morgan fingerprint density at radius 2 is 2.14 bits per heavy atom. The lowest BCUT2D eigenvalue weighted by Crippen LogP contribution is -2.47. The maximum absolute atomic E-state index is 5.80. The molecule has 21 heavy (non-hydrogen) atoms. The molecule has 0 aromatic rings. The lowest BCUT2D eigenvalue weighted by Gasteiger charge is -2.22. The smallest absolute Gasteiger partial charge is 0.191 e. The molecule has 1 saturated heterocycles. The number of ether oxygens (including phenoxy) is 2. The Hall–Kier alpha value is -0.850. The van der Waals surface area contributed by atoms with E-state index in [1.807, 2.05) is 0 Å². The van der Waals surface area contributed by atoms with E-state index in [0.717, 1.165) is 38.7 Å². The van der Waals surface area contributed by atoms with Gasteiger partial charge in [-0.1, -0.05) is 0 Å². The van der Waals surface area contributed by atoms with Crippen LogP contribution in [0.25, 0.3) is 0 Å². The Bertz CT molecular complexity index is 309. The molecule has 0 saturated carbocycles. The molecule has 0 amide bonds. The monoisotopic (exact) mass is 300 g/mol. The predicted octanol–water partition coefficient (Wildman–Crippen LogP) is 0.734. The number of nitrogens with zero attached hydrogens (tertiary/aromatic N) is 1. The third-order valence-corrected chi connectivity index (χ3v) is 3.15. The van der Waals surface area contributed by atoms with Gasteiger partial charge in [0.25, 0.3) is 0 Å². The van der Waals surface area contributed by atoms with Crippen molar-refractivity contribution >= 4 is 5.96 Å². The van der Waals surface area contributed by atoms with Gasteiger partial charge in [0.05, 0.1) is 19.3 Å². The highest BCUT2D eigenvalue weighted by Crippen LogP contribution is 2.08. The molecule has 0 bridgehead atoms. The quantitative estimate of drug-likeness (QED) is 0.367. The molecule has 124 valence electrons. The molecular formula is C15H32N4O2. The summed E-state index contributed by atoms with van der Waals surface area (Å²) in [6.07, 6.45) is 1.25. The van der Waals surface area contributed by atoms with E-state index >= 15 is 0 Å². The molecule has 0 aromatic carbocycles. The Morgan fingerprint density at radius 1 is 1.38 bits per heavy atom. The predicted molar refractivity (Wildman–Crippen MR) is 86.9 cm³/mol. The van der Waals surface area contributed by atoms with Crippen molar-refractivity contribution in [3.8, 4) is 0 Å². The van der Waals surface area contributed by atoms with Gasteiger partial charge in [-0.05, 0) is 34.1 Å². The Balaban J connectivity index is 2.14. The average molecular weight is 300 g/mol. The van der Waals surface area contributed by atoms with Crippen LogP contribution in [0.4, 0.5) is 0 Å². The average Bonchev–Trinajstić information content (AvgIpc) is 2.92. The van der Waals surface area contributed by atoms with E-state index in [1.165, 1.54) is 0 Å². The third-order valence-electron chi connectivity index (χ3n) is 3.15. The molecule has 0 aromatic heterocycles. The van der Waals surface area contributed by atoms with E-state index in [1.54, 1.807) is 7.05 Å². The van der Waals surface area contributed by atoms with Crippen molar-refractivity contribution in [2.75, 3.05) is 40.0 Å². The first kappa shape index (κ1) is 18.2. The van der Waals surface area contributed by atoms with E-state index in [9.17, 15) is 0 Å². The normalized spacial score (nSPS) is 21.4. The van der Waals surface area contributed by atoms with Gasteiger partial charge in [-0.2, -0.15) is 0 Å². The maximum Gasteiger partial charge on any atom is 0.191 e.